The number of urea groups is 1. The van der Waals surface area contributed by atoms with Crippen LogP contribution in [0.3, 0.4) is 0 Å². The predicted octanol–water partition coefficient (Wildman–Crippen LogP) is 0.580. The van der Waals surface area contributed by atoms with Gasteiger partial charge in [0.2, 0.25) is 0 Å². The van der Waals surface area contributed by atoms with E-state index in [4.69, 9.17) is 15.6 Å². The van der Waals surface area contributed by atoms with Gasteiger partial charge in [-0.3, -0.25) is 10.1 Å². The minimum Gasteiger partial charge on any atom is -0.479 e. The maximum absolute atomic E-state index is 11.7. The second-order valence-corrected chi connectivity index (χ2v) is 4.17. The molecule has 0 aliphatic carbocycles. The van der Waals surface area contributed by atoms with Gasteiger partial charge in [-0.25, -0.2) is 9.59 Å². The van der Waals surface area contributed by atoms with Crippen molar-refractivity contribution in [3.63, 3.8) is 0 Å². The van der Waals surface area contributed by atoms with Crippen molar-refractivity contribution >= 4 is 23.6 Å². The molecule has 0 saturated carbocycles. The Morgan fingerprint density at radius 2 is 2.05 bits per heavy atom. The Hall–Kier alpha value is -2.77. The molecule has 1 rings (SSSR count). The number of carboxylic acids is 1. The molecule has 8 nitrogen and oxygen atoms in total. The number of carbonyl (C=O) groups excluding carboxylic acids is 2. The van der Waals surface area contributed by atoms with Crippen molar-refractivity contribution in [1.29, 1.82) is 0 Å². The molecular weight excluding hydrogens is 278 g/mol. The smallest absolute Gasteiger partial charge is 0.335 e. The molecule has 0 radical (unpaired) electrons. The number of imide groups is 1. The van der Waals surface area contributed by atoms with E-state index in [1.807, 2.05) is 0 Å². The molecule has 5 N–H and O–H groups in total. The van der Waals surface area contributed by atoms with E-state index in [0.717, 1.165) is 0 Å². The third-order valence-corrected chi connectivity index (χ3v) is 2.51. The first-order valence-electron chi connectivity index (χ1n) is 6.23. The van der Waals surface area contributed by atoms with E-state index in [1.54, 1.807) is 6.92 Å². The Labute approximate surface area is 121 Å². The molecule has 0 heterocycles. The average Bonchev–Trinajstić information content (AvgIpc) is 2.40. The van der Waals surface area contributed by atoms with E-state index < -0.39 is 24.0 Å². The first kappa shape index (κ1) is 16.3. The zero-order valence-electron chi connectivity index (χ0n) is 11.7. The number of rotatable bonds is 5. The number of nitrogens with one attached hydrogen (secondary N) is 2. The molecule has 8 heteroatoms. The van der Waals surface area contributed by atoms with Crippen LogP contribution in [0.2, 0.25) is 0 Å². The van der Waals surface area contributed by atoms with Gasteiger partial charge in [0.15, 0.2) is 6.10 Å². The van der Waals surface area contributed by atoms with E-state index in [2.05, 4.69) is 10.6 Å². The topological polar surface area (TPSA) is 131 Å². The van der Waals surface area contributed by atoms with Crippen molar-refractivity contribution in [3.05, 3.63) is 23.8 Å². The van der Waals surface area contributed by atoms with E-state index in [9.17, 15) is 14.4 Å². The second kappa shape index (κ2) is 7.13. The highest BCUT2D eigenvalue weighted by atomic mass is 16.5. The van der Waals surface area contributed by atoms with Gasteiger partial charge in [-0.05, 0) is 32.0 Å². The molecule has 0 aliphatic heterocycles. The molecule has 0 bridgehead atoms. The van der Waals surface area contributed by atoms with E-state index in [1.165, 1.54) is 25.1 Å². The van der Waals surface area contributed by atoms with Gasteiger partial charge in [0.1, 0.15) is 5.75 Å². The Morgan fingerprint density at radius 3 is 2.62 bits per heavy atom. The molecule has 21 heavy (non-hydrogen) atoms. The van der Waals surface area contributed by atoms with Crippen LogP contribution in [0.5, 0.6) is 5.75 Å². The molecule has 1 unspecified atom stereocenters. The minimum atomic E-state index is -1.14. The fraction of sp³-hybridized carbons (Fsp3) is 0.308. The number of carbonyl (C=O) groups is 3. The third kappa shape index (κ3) is 4.68. The van der Waals surface area contributed by atoms with Crippen molar-refractivity contribution in [2.45, 2.75) is 20.0 Å². The lowest BCUT2D eigenvalue weighted by atomic mass is 10.2. The third-order valence-electron chi connectivity index (χ3n) is 2.51. The number of benzene rings is 1. The van der Waals surface area contributed by atoms with Crippen LogP contribution in [-0.4, -0.2) is 35.7 Å². The Balaban J connectivity index is 2.76. The van der Waals surface area contributed by atoms with Crippen LogP contribution >= 0.6 is 0 Å². The quantitative estimate of drug-likeness (QED) is 0.588. The fourth-order valence-corrected chi connectivity index (χ4v) is 1.43. The zero-order chi connectivity index (χ0) is 16.0. The van der Waals surface area contributed by atoms with Gasteiger partial charge >= 0.3 is 12.0 Å². The van der Waals surface area contributed by atoms with Crippen LogP contribution in [0.25, 0.3) is 0 Å². The number of nitrogen functional groups attached to an aromatic ring is 1. The summed E-state index contributed by atoms with van der Waals surface area (Å²) < 4.78 is 5.30. The Morgan fingerprint density at radius 1 is 1.38 bits per heavy atom. The Kier molecular flexibility index (Phi) is 5.53. The minimum absolute atomic E-state index is 0.0180. The standard InChI is InChI=1S/C13H17N3O5/c1-3-15-13(20)16-11(17)7(2)21-10-6-8(12(18)19)4-5-9(10)14/h4-7H,3,14H2,1-2H3,(H,18,19)(H2,15,16,17,20). The first-order valence-corrected chi connectivity index (χ1v) is 6.23. The van der Waals surface area contributed by atoms with Crippen LogP contribution < -0.4 is 21.1 Å². The fourth-order valence-electron chi connectivity index (χ4n) is 1.43. The summed E-state index contributed by atoms with van der Waals surface area (Å²) in [6.07, 6.45) is -1.01. The van der Waals surface area contributed by atoms with Crippen LogP contribution in [-0.2, 0) is 4.79 Å². The van der Waals surface area contributed by atoms with Gasteiger partial charge < -0.3 is 20.9 Å². The maximum atomic E-state index is 11.7. The number of nitrogens with two attached hydrogens (primary N) is 1. The molecule has 0 aliphatic rings. The largest absolute Gasteiger partial charge is 0.479 e. The van der Waals surface area contributed by atoms with Gasteiger partial charge in [-0.2, -0.15) is 0 Å². The predicted molar refractivity (Wildman–Crippen MR) is 75.1 cm³/mol. The van der Waals surface area contributed by atoms with Gasteiger partial charge in [0.05, 0.1) is 11.3 Å². The molecular formula is C13H17N3O5. The van der Waals surface area contributed by atoms with Crippen LogP contribution in [0, 0.1) is 0 Å². The molecule has 1 aromatic rings. The number of aromatic carboxylic acids is 1. The summed E-state index contributed by atoms with van der Waals surface area (Å²) in [7, 11) is 0. The number of carboxylic acid groups (broad SMARTS) is 1. The summed E-state index contributed by atoms with van der Waals surface area (Å²) in [6.45, 7) is 3.51. The highest BCUT2D eigenvalue weighted by molar-refractivity contribution is 5.96. The average molecular weight is 295 g/mol. The normalized spacial score (nSPS) is 11.3. The lowest BCUT2D eigenvalue weighted by Crippen LogP contribution is -2.45. The highest BCUT2D eigenvalue weighted by Crippen LogP contribution is 2.24. The molecule has 1 atom stereocenters. The van der Waals surface area contributed by atoms with Crippen molar-refractivity contribution in [2.75, 3.05) is 12.3 Å². The highest BCUT2D eigenvalue weighted by Gasteiger charge is 2.19. The van der Waals surface area contributed by atoms with Gasteiger partial charge in [-0.15, -0.1) is 0 Å². The van der Waals surface area contributed by atoms with Crippen LogP contribution in [0.4, 0.5) is 10.5 Å². The SMILES string of the molecule is CCNC(=O)NC(=O)C(C)Oc1cc(C(=O)O)ccc1N. The van der Waals surface area contributed by atoms with Gasteiger partial charge in [-0.1, -0.05) is 0 Å². The van der Waals surface area contributed by atoms with Gasteiger partial charge in [0.25, 0.3) is 5.91 Å². The second-order valence-electron chi connectivity index (χ2n) is 4.17. The molecule has 3 amide bonds. The van der Waals surface area contributed by atoms with Crippen molar-refractivity contribution in [2.24, 2.45) is 0 Å². The number of ether oxygens (including phenoxy) is 1. The molecule has 1 aromatic carbocycles. The monoisotopic (exact) mass is 295 g/mol. The van der Waals surface area contributed by atoms with Crippen molar-refractivity contribution < 1.29 is 24.2 Å². The van der Waals surface area contributed by atoms with Crippen LogP contribution in [0.1, 0.15) is 24.2 Å². The molecule has 0 aromatic heterocycles. The summed E-state index contributed by atoms with van der Waals surface area (Å²) in [4.78, 5) is 33.8. The molecule has 0 spiro atoms. The maximum Gasteiger partial charge on any atom is 0.335 e. The Bertz CT molecular complexity index is 559. The summed E-state index contributed by atoms with van der Waals surface area (Å²) >= 11 is 0. The van der Waals surface area contributed by atoms with E-state index in [-0.39, 0.29) is 17.0 Å². The number of anilines is 1. The lowest BCUT2D eigenvalue weighted by Gasteiger charge is -2.16. The summed E-state index contributed by atoms with van der Waals surface area (Å²) in [6, 6.07) is 3.27. The van der Waals surface area contributed by atoms with Crippen molar-refractivity contribution in [1.82, 2.24) is 10.6 Å². The van der Waals surface area contributed by atoms with E-state index >= 15 is 0 Å². The van der Waals surface area contributed by atoms with E-state index in [0.29, 0.717) is 6.54 Å². The van der Waals surface area contributed by atoms with Crippen molar-refractivity contribution in [3.8, 4) is 5.75 Å². The molecule has 0 saturated heterocycles. The number of amides is 3. The lowest BCUT2D eigenvalue weighted by molar-refractivity contribution is -0.126. The molecule has 114 valence electrons. The zero-order valence-corrected chi connectivity index (χ0v) is 11.7. The number of hydrogen-bond acceptors (Lipinski definition) is 5. The first-order chi connectivity index (χ1) is 9.85. The summed E-state index contributed by atoms with van der Waals surface area (Å²) in [5.41, 5.74) is 5.83. The summed E-state index contributed by atoms with van der Waals surface area (Å²) in [5.74, 6) is -1.74. The van der Waals surface area contributed by atoms with Crippen LogP contribution in [0.15, 0.2) is 18.2 Å². The molecule has 0 fully saturated rings. The van der Waals surface area contributed by atoms with Gasteiger partial charge in [0, 0.05) is 6.54 Å². The summed E-state index contributed by atoms with van der Waals surface area (Å²) in [5, 5.41) is 13.4. The number of hydrogen-bond donors (Lipinski definition) is 4.